The van der Waals surface area contributed by atoms with Crippen LogP contribution in [0.15, 0.2) is 17.0 Å². The Morgan fingerprint density at radius 2 is 1.14 bits per heavy atom. The molecule has 7 heteroatoms. The fourth-order valence-electron chi connectivity index (χ4n) is 2.24. The van der Waals surface area contributed by atoms with E-state index in [1.807, 2.05) is 6.92 Å². The fourth-order valence-corrected chi connectivity index (χ4v) is 2.24. The number of benzene rings is 2. The first-order chi connectivity index (χ1) is 10.2. The predicted octanol–water partition coefficient (Wildman–Crippen LogP) is 4.15. The Morgan fingerprint density at radius 1 is 0.727 bits per heavy atom. The quantitative estimate of drug-likeness (QED) is 0.342. The van der Waals surface area contributed by atoms with Crippen LogP contribution >= 0.6 is 0 Å². The van der Waals surface area contributed by atoms with E-state index < -0.39 is 34.5 Å². The van der Waals surface area contributed by atoms with Gasteiger partial charge in [0.25, 0.3) is 0 Å². The first-order valence-corrected chi connectivity index (χ1v) is 6.37. The second-order valence-corrected chi connectivity index (χ2v) is 4.99. The monoisotopic (exact) mass is 311 g/mol. The van der Waals surface area contributed by atoms with Crippen LogP contribution < -0.4 is 5.46 Å². The van der Waals surface area contributed by atoms with E-state index in [4.69, 9.17) is 0 Å². The van der Waals surface area contributed by atoms with E-state index in [0.717, 1.165) is 16.7 Å². The molecule has 0 aliphatic carbocycles. The van der Waals surface area contributed by atoms with E-state index in [1.165, 1.54) is 0 Å². The maximum atomic E-state index is 13.6. The molecule has 0 aromatic heterocycles. The van der Waals surface area contributed by atoms with Crippen molar-refractivity contribution in [3.63, 3.8) is 0 Å². The van der Waals surface area contributed by atoms with Gasteiger partial charge >= 0.3 is 124 Å². The van der Waals surface area contributed by atoms with E-state index in [2.05, 4.69) is 4.90 Å². The Balaban J connectivity index is 2.57. The Kier molecular flexibility index (Phi) is 4.44. The van der Waals surface area contributed by atoms with Crippen molar-refractivity contribution < 1.29 is 22.0 Å². The molecule has 0 atom stereocenters. The summed E-state index contributed by atoms with van der Waals surface area (Å²) in [6, 6.07) is 3.61. The Hall–Kier alpha value is -2.05. The van der Waals surface area contributed by atoms with Crippen molar-refractivity contribution in [3.8, 4) is 0 Å². The third-order valence-corrected chi connectivity index (χ3v) is 3.20. The van der Waals surface area contributed by atoms with Gasteiger partial charge in [-0.05, 0) is 0 Å². The molecule has 0 fully saturated rings. The average molecular weight is 311 g/mol. The van der Waals surface area contributed by atoms with E-state index in [9.17, 15) is 22.0 Å². The number of nitrogens with zero attached hydrogens (tertiary/aromatic N) is 1. The number of hydrogen-bond acceptors (Lipinski definition) is 1. The summed E-state index contributed by atoms with van der Waals surface area (Å²) in [5, 5.41) is 0. The molecular formula is C15H11BF5N. The summed E-state index contributed by atoms with van der Waals surface area (Å²) in [6.45, 7) is 5.36. The molecule has 2 rings (SSSR count). The predicted molar refractivity (Wildman–Crippen MR) is 74.4 cm³/mol. The summed E-state index contributed by atoms with van der Waals surface area (Å²) in [6.07, 6.45) is 0. The van der Waals surface area contributed by atoms with E-state index in [0.29, 0.717) is 12.8 Å². The van der Waals surface area contributed by atoms with Crippen molar-refractivity contribution in [2.24, 2.45) is 4.90 Å². The van der Waals surface area contributed by atoms with Crippen molar-refractivity contribution in [2.75, 3.05) is 0 Å². The van der Waals surface area contributed by atoms with Crippen LogP contribution in [0.2, 0.25) is 0 Å². The molecule has 1 nitrogen and oxygen atoms in total. The van der Waals surface area contributed by atoms with Crippen molar-refractivity contribution in [1.82, 2.24) is 0 Å². The number of aryl methyl sites for hydroxylation is 3. The molecule has 0 unspecified atom stereocenters. The third-order valence-electron chi connectivity index (χ3n) is 3.20. The zero-order valence-corrected chi connectivity index (χ0v) is 12.1. The first-order valence-electron chi connectivity index (χ1n) is 6.37. The van der Waals surface area contributed by atoms with E-state index in [-0.39, 0.29) is 0 Å². The molecule has 0 saturated carbocycles. The molecule has 22 heavy (non-hydrogen) atoms. The minimum atomic E-state index is -2.19. The summed E-state index contributed by atoms with van der Waals surface area (Å²) in [4.78, 5) is 3.89. The number of halogens is 5. The molecule has 2 aromatic carbocycles. The Morgan fingerprint density at radius 3 is 1.59 bits per heavy atom. The van der Waals surface area contributed by atoms with Crippen molar-refractivity contribution >= 4 is 18.2 Å². The molecule has 0 amide bonds. The second kappa shape index (κ2) is 5.98. The van der Waals surface area contributed by atoms with E-state index in [1.54, 1.807) is 26.0 Å². The van der Waals surface area contributed by atoms with Gasteiger partial charge in [0.05, 0.1) is 0 Å². The van der Waals surface area contributed by atoms with Crippen molar-refractivity contribution in [1.29, 1.82) is 0 Å². The summed E-state index contributed by atoms with van der Waals surface area (Å²) >= 11 is 0. The van der Waals surface area contributed by atoms with Crippen LogP contribution in [0, 0.1) is 49.9 Å². The van der Waals surface area contributed by atoms with Gasteiger partial charge in [0, 0.05) is 0 Å². The van der Waals surface area contributed by atoms with Gasteiger partial charge in [-0.2, -0.15) is 0 Å². The van der Waals surface area contributed by atoms with Crippen molar-refractivity contribution in [3.05, 3.63) is 57.9 Å². The van der Waals surface area contributed by atoms with Crippen LogP contribution in [0.4, 0.5) is 27.6 Å². The SMILES string of the molecule is Cc1cc(C)c(N=Bc2c(F)c(F)c(F)c(F)c2F)c(C)c1. The molecule has 0 aliphatic heterocycles. The molecule has 0 spiro atoms. The van der Waals surface area contributed by atoms with Gasteiger partial charge in [-0.1, -0.05) is 0 Å². The van der Waals surface area contributed by atoms with Crippen LogP contribution in [0.1, 0.15) is 16.7 Å². The zero-order chi connectivity index (χ0) is 16.6. The molecule has 0 radical (unpaired) electrons. The second-order valence-electron chi connectivity index (χ2n) is 4.99. The molecule has 114 valence electrons. The zero-order valence-electron chi connectivity index (χ0n) is 12.1. The molecular weight excluding hydrogens is 300 g/mol. The molecule has 0 aliphatic rings. The molecule has 0 saturated heterocycles. The topological polar surface area (TPSA) is 12.4 Å². The number of hydrogen-bond donors (Lipinski definition) is 0. The fraction of sp³-hybridized carbons (Fsp3) is 0.200. The number of rotatable bonds is 2. The molecule has 2 aromatic rings. The van der Waals surface area contributed by atoms with E-state index >= 15 is 0 Å². The van der Waals surface area contributed by atoms with Gasteiger partial charge in [-0.15, -0.1) is 0 Å². The summed E-state index contributed by atoms with van der Waals surface area (Å²) in [5.41, 5.74) is 1.81. The summed E-state index contributed by atoms with van der Waals surface area (Å²) < 4.78 is 66.3. The van der Waals surface area contributed by atoms with Crippen molar-refractivity contribution in [2.45, 2.75) is 20.8 Å². The first kappa shape index (κ1) is 16.3. The van der Waals surface area contributed by atoms with Crippen LogP contribution in [-0.2, 0) is 0 Å². The van der Waals surface area contributed by atoms with Gasteiger partial charge in [-0.3, -0.25) is 0 Å². The normalized spacial score (nSPS) is 11.1. The Bertz CT molecular complexity index is 734. The molecule has 0 bridgehead atoms. The average Bonchev–Trinajstić information content (AvgIpc) is 2.45. The van der Waals surface area contributed by atoms with Crippen LogP contribution in [-0.4, -0.2) is 7.07 Å². The van der Waals surface area contributed by atoms with Crippen LogP contribution in [0.25, 0.3) is 0 Å². The molecule has 0 N–H and O–H groups in total. The van der Waals surface area contributed by atoms with Gasteiger partial charge < -0.3 is 0 Å². The Labute approximate surface area is 124 Å². The minimum absolute atomic E-state index is 0.426. The van der Waals surface area contributed by atoms with Gasteiger partial charge in [0.15, 0.2) is 0 Å². The third kappa shape index (κ3) is 2.80. The molecule has 0 heterocycles. The van der Waals surface area contributed by atoms with Gasteiger partial charge in [0.2, 0.25) is 0 Å². The maximum absolute atomic E-state index is 13.6. The van der Waals surface area contributed by atoms with Gasteiger partial charge in [-0.25, -0.2) is 0 Å². The standard InChI is InChI=1S/C15H11BF5N/c1-6-4-7(2)15(8(3)5-6)22-16-9-10(17)12(19)14(21)13(20)11(9)18/h4-5H,1-3H3. The summed E-state index contributed by atoms with van der Waals surface area (Å²) in [7, 11) is 0.654. The van der Waals surface area contributed by atoms with Crippen LogP contribution in [0.3, 0.4) is 0 Å². The van der Waals surface area contributed by atoms with Crippen LogP contribution in [0.5, 0.6) is 0 Å². The van der Waals surface area contributed by atoms with Gasteiger partial charge in [0.1, 0.15) is 0 Å². The summed E-state index contributed by atoms with van der Waals surface area (Å²) in [5.74, 6) is -9.96.